The average molecular weight is 580 g/mol. The fourth-order valence-electron chi connectivity index (χ4n) is 6.08. The molecular weight excluding hydrogens is 537 g/mol. The van der Waals surface area contributed by atoms with Crippen LogP contribution in [0.2, 0.25) is 0 Å². The van der Waals surface area contributed by atoms with E-state index in [0.717, 1.165) is 42.1 Å². The molecule has 9 heteroatoms. The summed E-state index contributed by atoms with van der Waals surface area (Å²) in [6.07, 6.45) is 5.43. The van der Waals surface area contributed by atoms with Crippen molar-refractivity contribution in [2.75, 3.05) is 53.9 Å². The molecule has 2 heterocycles. The maximum atomic E-state index is 14.0. The maximum Gasteiger partial charge on any atom is 0.243 e. The van der Waals surface area contributed by atoms with Crippen LogP contribution in [0.4, 0.5) is 4.39 Å². The molecule has 7 nitrogen and oxygen atoms in total. The van der Waals surface area contributed by atoms with E-state index in [1.165, 1.54) is 17.7 Å². The lowest BCUT2D eigenvalue weighted by molar-refractivity contribution is 0.141. The molecule has 1 aliphatic carbocycles. The van der Waals surface area contributed by atoms with E-state index in [0.29, 0.717) is 30.8 Å². The van der Waals surface area contributed by atoms with Gasteiger partial charge in [-0.1, -0.05) is 38.5 Å². The van der Waals surface area contributed by atoms with Crippen LogP contribution in [0.3, 0.4) is 0 Å². The fraction of sp³-hybridized carbons (Fsp3) is 0.469. The molecule has 5 rings (SSSR count). The summed E-state index contributed by atoms with van der Waals surface area (Å²) < 4.78 is 45.1. The standard InChI is InChI=1S/C32H42FN5O2S/c1-31(2,3)25-7-13-29(14-8-25)41(39,40)37-16-15-26-19-30-24(21-34-38(30)28-11-9-27(33)10-12-28)20-32(26,23-37)22-36(6)18-17-35(4)5/h7-14,19,21H,15-18,20,22-23H2,1-6H3. The van der Waals surface area contributed by atoms with E-state index < -0.39 is 10.0 Å². The minimum absolute atomic E-state index is 0.0491. The number of aromatic nitrogens is 2. The Labute approximate surface area is 244 Å². The Balaban J connectivity index is 1.49. The van der Waals surface area contributed by atoms with E-state index in [9.17, 15) is 12.8 Å². The van der Waals surface area contributed by atoms with Crippen LogP contribution in [0.25, 0.3) is 11.8 Å². The Bertz CT molecular complexity index is 1520. The Morgan fingerprint density at radius 2 is 1.68 bits per heavy atom. The zero-order valence-corrected chi connectivity index (χ0v) is 25.9. The van der Waals surface area contributed by atoms with Crippen molar-refractivity contribution < 1.29 is 12.8 Å². The van der Waals surface area contributed by atoms with Crippen LogP contribution in [0.15, 0.2) is 65.2 Å². The second-order valence-corrected chi connectivity index (χ2v) is 14.9. The summed E-state index contributed by atoms with van der Waals surface area (Å²) in [4.78, 5) is 4.82. The molecule has 0 amide bonds. The van der Waals surface area contributed by atoms with Gasteiger partial charge in [-0.3, -0.25) is 0 Å². The van der Waals surface area contributed by atoms with Gasteiger partial charge in [0, 0.05) is 38.1 Å². The quantitative estimate of drug-likeness (QED) is 0.383. The number of hydrogen-bond acceptors (Lipinski definition) is 5. The van der Waals surface area contributed by atoms with Crippen molar-refractivity contribution in [3.63, 3.8) is 0 Å². The summed E-state index contributed by atoms with van der Waals surface area (Å²) in [5, 5.41) is 4.67. The third-order valence-electron chi connectivity index (χ3n) is 8.45. The summed E-state index contributed by atoms with van der Waals surface area (Å²) in [7, 11) is 2.57. The Hall–Kier alpha value is -2.85. The molecule has 0 N–H and O–H groups in total. The van der Waals surface area contributed by atoms with E-state index in [-0.39, 0.29) is 16.6 Å². The van der Waals surface area contributed by atoms with Gasteiger partial charge in [0.1, 0.15) is 5.82 Å². The van der Waals surface area contributed by atoms with Crippen LogP contribution >= 0.6 is 0 Å². The van der Waals surface area contributed by atoms with Gasteiger partial charge in [0.25, 0.3) is 0 Å². The van der Waals surface area contributed by atoms with Gasteiger partial charge in [-0.25, -0.2) is 17.5 Å². The average Bonchev–Trinajstić information content (AvgIpc) is 3.32. The maximum absolute atomic E-state index is 14.0. The normalized spacial score (nSPS) is 19.8. The van der Waals surface area contributed by atoms with Crippen LogP contribution in [-0.2, 0) is 21.9 Å². The largest absolute Gasteiger partial charge is 0.308 e. The van der Waals surface area contributed by atoms with E-state index in [2.05, 4.69) is 62.9 Å². The van der Waals surface area contributed by atoms with Crippen LogP contribution in [-0.4, -0.2) is 86.2 Å². The van der Waals surface area contributed by atoms with Crippen molar-refractivity contribution in [2.24, 2.45) is 5.41 Å². The van der Waals surface area contributed by atoms with Crippen molar-refractivity contribution in [1.82, 2.24) is 23.9 Å². The lowest BCUT2D eigenvalue weighted by Gasteiger charge is -2.48. The molecule has 0 bridgehead atoms. The van der Waals surface area contributed by atoms with Crippen LogP contribution in [0.1, 0.15) is 44.0 Å². The number of rotatable bonds is 8. The fourth-order valence-corrected chi connectivity index (χ4v) is 7.60. The van der Waals surface area contributed by atoms with Gasteiger partial charge >= 0.3 is 0 Å². The third kappa shape index (κ3) is 6.04. The van der Waals surface area contributed by atoms with Gasteiger partial charge in [-0.15, -0.1) is 0 Å². The second-order valence-electron chi connectivity index (χ2n) is 13.0. The zero-order chi connectivity index (χ0) is 29.6. The number of likely N-dealkylation sites (N-methyl/N-ethyl adjacent to an activating group) is 2. The smallest absolute Gasteiger partial charge is 0.243 e. The van der Waals surface area contributed by atoms with E-state index in [4.69, 9.17) is 0 Å². The molecule has 2 aromatic carbocycles. The zero-order valence-electron chi connectivity index (χ0n) is 25.1. The predicted octanol–water partition coefficient (Wildman–Crippen LogP) is 4.82. The number of halogens is 1. The molecule has 0 saturated carbocycles. The van der Waals surface area contributed by atoms with Crippen LogP contribution in [0, 0.1) is 11.2 Å². The Morgan fingerprint density at radius 3 is 2.32 bits per heavy atom. The van der Waals surface area contributed by atoms with Gasteiger partial charge in [-0.2, -0.15) is 9.40 Å². The monoisotopic (exact) mass is 579 g/mol. The van der Waals surface area contributed by atoms with Crippen molar-refractivity contribution in [3.05, 3.63) is 82.9 Å². The number of hydrogen-bond donors (Lipinski definition) is 0. The summed E-state index contributed by atoms with van der Waals surface area (Å²) in [6.45, 7) is 9.76. The molecule has 1 atom stereocenters. The summed E-state index contributed by atoms with van der Waals surface area (Å²) in [5.74, 6) is -0.283. The van der Waals surface area contributed by atoms with Crippen molar-refractivity contribution in [1.29, 1.82) is 0 Å². The first-order valence-electron chi connectivity index (χ1n) is 14.3. The molecule has 0 radical (unpaired) electrons. The van der Waals surface area contributed by atoms with E-state index >= 15 is 0 Å². The highest BCUT2D eigenvalue weighted by atomic mass is 32.2. The van der Waals surface area contributed by atoms with Crippen molar-refractivity contribution in [2.45, 2.75) is 43.9 Å². The minimum Gasteiger partial charge on any atom is -0.308 e. The van der Waals surface area contributed by atoms with Crippen LogP contribution in [0.5, 0.6) is 0 Å². The van der Waals surface area contributed by atoms with Gasteiger partial charge in [0.2, 0.25) is 10.0 Å². The molecular formula is C32H42FN5O2S. The van der Waals surface area contributed by atoms with Crippen LogP contribution < -0.4 is 0 Å². The first-order chi connectivity index (χ1) is 19.3. The molecule has 1 saturated heterocycles. The van der Waals surface area contributed by atoms with E-state index in [1.54, 1.807) is 28.6 Å². The molecule has 41 heavy (non-hydrogen) atoms. The topological polar surface area (TPSA) is 61.7 Å². The second kappa shape index (κ2) is 11.1. The molecule has 220 valence electrons. The summed E-state index contributed by atoms with van der Waals surface area (Å²) in [5.41, 5.74) is 4.81. The highest BCUT2D eigenvalue weighted by Crippen LogP contribution is 2.46. The summed E-state index contributed by atoms with van der Waals surface area (Å²) >= 11 is 0. The number of sulfonamides is 1. The molecule has 3 aromatic rings. The van der Waals surface area contributed by atoms with Crippen molar-refractivity contribution >= 4 is 16.1 Å². The van der Waals surface area contributed by atoms with Gasteiger partial charge in [0.05, 0.1) is 22.5 Å². The number of fused-ring (bicyclic) bond motifs is 2. The highest BCUT2D eigenvalue weighted by Gasteiger charge is 2.46. The first kappa shape index (κ1) is 29.6. The molecule has 1 aromatic heterocycles. The Morgan fingerprint density at radius 1 is 1.00 bits per heavy atom. The van der Waals surface area contributed by atoms with Gasteiger partial charge < -0.3 is 9.80 Å². The lowest BCUT2D eigenvalue weighted by atomic mass is 9.68. The number of nitrogens with zero attached hydrogens (tertiary/aromatic N) is 5. The minimum atomic E-state index is -3.67. The first-order valence-corrected chi connectivity index (χ1v) is 15.7. The van der Waals surface area contributed by atoms with Gasteiger partial charge in [-0.05, 0) is 93.0 Å². The molecule has 2 aliphatic rings. The molecule has 1 aliphatic heterocycles. The lowest BCUT2D eigenvalue weighted by Crippen LogP contribution is -2.54. The number of piperidine rings is 1. The molecule has 1 fully saturated rings. The van der Waals surface area contributed by atoms with Crippen molar-refractivity contribution in [3.8, 4) is 5.69 Å². The number of benzene rings is 2. The molecule has 0 spiro atoms. The molecule has 1 unspecified atom stereocenters. The highest BCUT2D eigenvalue weighted by molar-refractivity contribution is 7.89. The Kier molecular flexibility index (Phi) is 8.02. The predicted molar refractivity (Wildman–Crippen MR) is 162 cm³/mol. The third-order valence-corrected chi connectivity index (χ3v) is 10.3. The SMILES string of the molecule is CN(C)CCN(C)CC12Cc3cnn(-c4ccc(F)cc4)c3C=C1CCN(S(=O)(=O)c1ccc(C(C)(C)C)cc1)C2. The summed E-state index contributed by atoms with van der Waals surface area (Å²) in [6, 6.07) is 13.7. The van der Waals surface area contributed by atoms with E-state index in [1.807, 2.05) is 23.0 Å². The van der Waals surface area contributed by atoms with Gasteiger partial charge in [0.15, 0.2) is 0 Å².